The largest absolute Gasteiger partial charge is 0.416 e. The van der Waals surface area contributed by atoms with Gasteiger partial charge in [0.05, 0.1) is 5.56 Å². The van der Waals surface area contributed by atoms with Gasteiger partial charge in [0.25, 0.3) is 0 Å². The first-order chi connectivity index (χ1) is 13.8. The number of likely N-dealkylation sites (N-methyl/N-ethyl adjacent to an activating group) is 1. The highest BCUT2D eigenvalue weighted by atomic mass is 35.5. The van der Waals surface area contributed by atoms with Crippen molar-refractivity contribution in [1.29, 1.82) is 0 Å². The molecular formula is C22H25ClF4N2. The fourth-order valence-corrected chi connectivity index (χ4v) is 3.89. The molecule has 0 aliphatic carbocycles. The fourth-order valence-electron chi connectivity index (χ4n) is 3.72. The minimum absolute atomic E-state index is 0.00736. The number of nitrogens with zero attached hydrogens (tertiary/aromatic N) is 2. The molecule has 0 spiro atoms. The van der Waals surface area contributed by atoms with Crippen molar-refractivity contribution in [2.45, 2.75) is 32.1 Å². The third-order valence-electron chi connectivity index (χ3n) is 5.46. The normalized spacial score (nSPS) is 16.8. The van der Waals surface area contributed by atoms with E-state index in [0.29, 0.717) is 5.56 Å². The van der Waals surface area contributed by atoms with Crippen molar-refractivity contribution in [2.75, 3.05) is 37.6 Å². The predicted octanol–water partition coefficient (Wildman–Crippen LogP) is 6.14. The van der Waals surface area contributed by atoms with E-state index in [4.69, 9.17) is 11.6 Å². The number of anilines is 1. The molecule has 2 aromatic rings. The quantitative estimate of drug-likeness (QED) is 0.509. The Morgan fingerprint density at radius 1 is 1.03 bits per heavy atom. The van der Waals surface area contributed by atoms with Gasteiger partial charge in [-0.25, -0.2) is 4.39 Å². The van der Waals surface area contributed by atoms with Crippen molar-refractivity contribution in [1.82, 2.24) is 4.90 Å². The van der Waals surface area contributed by atoms with Crippen LogP contribution in [-0.2, 0) is 12.6 Å². The Labute approximate surface area is 174 Å². The summed E-state index contributed by atoms with van der Waals surface area (Å²) in [6, 6.07) is 10.9. The summed E-state index contributed by atoms with van der Waals surface area (Å²) >= 11 is 5.71. The summed E-state index contributed by atoms with van der Waals surface area (Å²) in [5.74, 6) is 0. The first-order valence-electron chi connectivity index (χ1n) is 9.85. The lowest BCUT2D eigenvalue weighted by Crippen LogP contribution is -2.46. The Balaban J connectivity index is 1.67. The molecule has 1 atom stereocenters. The molecule has 1 unspecified atom stereocenters. The third kappa shape index (κ3) is 5.64. The van der Waals surface area contributed by atoms with Crippen LogP contribution in [0.3, 0.4) is 0 Å². The van der Waals surface area contributed by atoms with Crippen molar-refractivity contribution >= 4 is 17.3 Å². The van der Waals surface area contributed by atoms with Crippen LogP contribution in [0, 0.1) is 0 Å². The van der Waals surface area contributed by atoms with Gasteiger partial charge in [-0.15, -0.1) is 0 Å². The maximum atomic E-state index is 14.9. The summed E-state index contributed by atoms with van der Waals surface area (Å²) in [6.07, 6.45) is -5.86. The topological polar surface area (TPSA) is 6.48 Å². The Morgan fingerprint density at radius 3 is 2.41 bits per heavy atom. The molecule has 1 fully saturated rings. The van der Waals surface area contributed by atoms with E-state index in [-0.39, 0.29) is 23.4 Å². The Hall–Kier alpha value is -1.79. The molecule has 0 radical (unpaired) electrons. The van der Waals surface area contributed by atoms with Crippen molar-refractivity contribution in [2.24, 2.45) is 0 Å². The van der Waals surface area contributed by atoms with Gasteiger partial charge >= 0.3 is 6.18 Å². The van der Waals surface area contributed by atoms with Crippen LogP contribution in [0.1, 0.15) is 36.2 Å². The van der Waals surface area contributed by atoms with Gasteiger partial charge in [-0.1, -0.05) is 36.7 Å². The smallest absolute Gasteiger partial charge is 0.369 e. The van der Waals surface area contributed by atoms with E-state index in [1.165, 1.54) is 12.1 Å². The van der Waals surface area contributed by atoms with Gasteiger partial charge in [-0.3, -0.25) is 0 Å². The standard InChI is InChI=1S/C22H25ClF4N2/c1-2-28-10-12-29(13-11-28)19-5-3-4-17(14-19)21(24)9-7-16-6-8-18(23)15-20(16)22(25,26)27/h3-6,8,14-15,21H,2,7,9-13H2,1H3. The summed E-state index contributed by atoms with van der Waals surface area (Å²) in [7, 11) is 0. The second kappa shape index (κ2) is 9.35. The highest BCUT2D eigenvalue weighted by molar-refractivity contribution is 6.30. The van der Waals surface area contributed by atoms with Crippen LogP contribution in [-0.4, -0.2) is 37.6 Å². The zero-order valence-corrected chi connectivity index (χ0v) is 17.1. The van der Waals surface area contributed by atoms with E-state index in [2.05, 4.69) is 16.7 Å². The molecule has 158 valence electrons. The van der Waals surface area contributed by atoms with Crippen LogP contribution in [0.15, 0.2) is 42.5 Å². The maximum absolute atomic E-state index is 14.9. The number of alkyl halides is 4. The van der Waals surface area contributed by atoms with Crippen LogP contribution < -0.4 is 4.90 Å². The highest BCUT2D eigenvalue weighted by Gasteiger charge is 2.33. The molecule has 0 amide bonds. The Kier molecular flexibility index (Phi) is 7.06. The number of rotatable bonds is 6. The highest BCUT2D eigenvalue weighted by Crippen LogP contribution is 2.35. The number of piperazine rings is 1. The lowest BCUT2D eigenvalue weighted by Gasteiger charge is -2.35. The average molecular weight is 429 g/mol. The summed E-state index contributed by atoms with van der Waals surface area (Å²) < 4.78 is 54.5. The number of halogens is 5. The molecule has 2 aromatic carbocycles. The molecule has 29 heavy (non-hydrogen) atoms. The number of hydrogen-bond acceptors (Lipinski definition) is 2. The third-order valence-corrected chi connectivity index (χ3v) is 5.70. The summed E-state index contributed by atoms with van der Waals surface area (Å²) in [5.41, 5.74) is 0.738. The number of hydrogen-bond donors (Lipinski definition) is 0. The zero-order chi connectivity index (χ0) is 21.0. The first-order valence-corrected chi connectivity index (χ1v) is 10.2. The van der Waals surface area contributed by atoms with E-state index in [9.17, 15) is 17.6 Å². The number of benzene rings is 2. The second-order valence-corrected chi connectivity index (χ2v) is 7.76. The summed E-state index contributed by atoms with van der Waals surface area (Å²) in [5, 5.41) is 0.0220. The molecular weight excluding hydrogens is 404 g/mol. The van der Waals surface area contributed by atoms with E-state index in [0.717, 1.165) is 44.5 Å². The van der Waals surface area contributed by atoms with Gasteiger partial charge in [-0.05, 0) is 54.8 Å². The zero-order valence-electron chi connectivity index (χ0n) is 16.4. The summed E-state index contributed by atoms with van der Waals surface area (Å²) in [4.78, 5) is 4.59. The minimum Gasteiger partial charge on any atom is -0.369 e. The first kappa shape index (κ1) is 21.9. The van der Waals surface area contributed by atoms with Crippen molar-refractivity contribution < 1.29 is 17.6 Å². The van der Waals surface area contributed by atoms with Gasteiger partial charge in [0.1, 0.15) is 6.17 Å². The van der Waals surface area contributed by atoms with Gasteiger partial charge < -0.3 is 9.80 Å². The predicted molar refractivity (Wildman–Crippen MR) is 109 cm³/mol. The molecule has 1 aliphatic rings. The number of aryl methyl sites for hydroxylation is 1. The lowest BCUT2D eigenvalue weighted by atomic mass is 9.98. The van der Waals surface area contributed by atoms with Crippen LogP contribution in [0.25, 0.3) is 0 Å². The SMILES string of the molecule is CCN1CCN(c2cccc(C(F)CCc3ccc(Cl)cc3C(F)(F)F)c2)CC1. The molecule has 7 heteroatoms. The van der Waals surface area contributed by atoms with Gasteiger partial charge in [-0.2, -0.15) is 13.2 Å². The second-order valence-electron chi connectivity index (χ2n) is 7.32. The van der Waals surface area contributed by atoms with E-state index in [1.54, 1.807) is 6.07 Å². The van der Waals surface area contributed by atoms with Gasteiger partial charge in [0.15, 0.2) is 0 Å². The Bertz CT molecular complexity index is 817. The van der Waals surface area contributed by atoms with E-state index < -0.39 is 17.9 Å². The molecule has 1 saturated heterocycles. The van der Waals surface area contributed by atoms with Gasteiger partial charge in [0, 0.05) is 36.9 Å². The van der Waals surface area contributed by atoms with E-state index >= 15 is 0 Å². The molecule has 1 aliphatic heterocycles. The molecule has 0 bridgehead atoms. The molecule has 1 heterocycles. The molecule has 3 rings (SSSR count). The van der Waals surface area contributed by atoms with Crippen LogP contribution >= 0.6 is 11.6 Å². The average Bonchev–Trinajstić information content (AvgIpc) is 2.72. The monoisotopic (exact) mass is 428 g/mol. The van der Waals surface area contributed by atoms with Crippen LogP contribution in [0.2, 0.25) is 5.02 Å². The maximum Gasteiger partial charge on any atom is 0.416 e. The van der Waals surface area contributed by atoms with E-state index in [1.807, 2.05) is 18.2 Å². The van der Waals surface area contributed by atoms with Crippen molar-refractivity contribution in [3.05, 3.63) is 64.2 Å². The summed E-state index contributed by atoms with van der Waals surface area (Å²) in [6.45, 7) is 6.86. The molecule has 0 aromatic heterocycles. The molecule has 2 nitrogen and oxygen atoms in total. The minimum atomic E-state index is -4.51. The van der Waals surface area contributed by atoms with Gasteiger partial charge in [0.2, 0.25) is 0 Å². The molecule has 0 saturated carbocycles. The fraction of sp³-hybridized carbons (Fsp3) is 0.455. The van der Waals surface area contributed by atoms with Crippen molar-refractivity contribution in [3.63, 3.8) is 0 Å². The molecule has 0 N–H and O–H groups in total. The van der Waals surface area contributed by atoms with Crippen LogP contribution in [0.4, 0.5) is 23.2 Å². The van der Waals surface area contributed by atoms with Crippen LogP contribution in [0.5, 0.6) is 0 Å². The Morgan fingerprint density at radius 2 is 1.76 bits per heavy atom. The van der Waals surface area contributed by atoms with Crippen molar-refractivity contribution in [3.8, 4) is 0 Å². The lowest BCUT2D eigenvalue weighted by molar-refractivity contribution is -0.138.